The maximum absolute atomic E-state index is 11.9. The molecule has 1 fully saturated rings. The molecule has 3 heteroatoms. The Morgan fingerprint density at radius 3 is 2.44 bits per heavy atom. The number of nitrogens with zero attached hydrogens (tertiary/aromatic N) is 2. The Morgan fingerprint density at radius 1 is 1.33 bits per heavy atom. The van der Waals surface area contributed by atoms with Crippen molar-refractivity contribution in [3.63, 3.8) is 0 Å². The topological polar surface area (TPSA) is 23.6 Å². The molecule has 0 spiro atoms. The highest BCUT2D eigenvalue weighted by molar-refractivity contribution is 5.78. The largest absolute Gasteiger partial charge is 0.342 e. The molecule has 1 saturated heterocycles. The van der Waals surface area contributed by atoms with E-state index in [0.29, 0.717) is 5.91 Å². The second-order valence-electron chi connectivity index (χ2n) is 6.04. The molecule has 0 aromatic rings. The van der Waals surface area contributed by atoms with Gasteiger partial charge < -0.3 is 9.80 Å². The number of hydrogen-bond acceptors (Lipinski definition) is 2. The molecule has 1 aliphatic rings. The molecule has 0 radical (unpaired) electrons. The number of amides is 1. The minimum absolute atomic E-state index is 0.147. The molecule has 0 bridgehead atoms. The molecule has 1 heterocycles. The first kappa shape index (κ1) is 15.5. The average Bonchev–Trinajstić information content (AvgIpc) is 2.36. The maximum atomic E-state index is 11.9. The van der Waals surface area contributed by atoms with E-state index in [-0.39, 0.29) is 5.92 Å². The molecular weight excluding hydrogens is 224 g/mol. The zero-order chi connectivity index (χ0) is 13.5. The van der Waals surface area contributed by atoms with E-state index >= 15 is 0 Å². The van der Waals surface area contributed by atoms with Crippen molar-refractivity contribution in [2.45, 2.75) is 46.5 Å². The average molecular weight is 254 g/mol. The molecular formula is C15H30N2O. The fourth-order valence-electron chi connectivity index (χ4n) is 2.66. The predicted molar refractivity (Wildman–Crippen MR) is 76.5 cm³/mol. The maximum Gasteiger partial charge on any atom is 0.225 e. The SMILES string of the molecule is CCCCN(C)CC1CCN(C(=O)C(C)C)CC1. The molecule has 106 valence electrons. The van der Waals surface area contributed by atoms with Gasteiger partial charge in [-0.1, -0.05) is 27.2 Å². The summed E-state index contributed by atoms with van der Waals surface area (Å²) in [5, 5.41) is 0. The van der Waals surface area contributed by atoms with Gasteiger partial charge in [0.1, 0.15) is 0 Å². The van der Waals surface area contributed by atoms with Gasteiger partial charge in [0.15, 0.2) is 0 Å². The third kappa shape index (κ3) is 4.97. The van der Waals surface area contributed by atoms with Crippen molar-refractivity contribution >= 4 is 5.91 Å². The van der Waals surface area contributed by atoms with Gasteiger partial charge in [0.2, 0.25) is 5.91 Å². The smallest absolute Gasteiger partial charge is 0.225 e. The van der Waals surface area contributed by atoms with Crippen molar-refractivity contribution in [1.82, 2.24) is 9.80 Å². The van der Waals surface area contributed by atoms with Gasteiger partial charge in [0, 0.05) is 25.6 Å². The summed E-state index contributed by atoms with van der Waals surface area (Å²) < 4.78 is 0. The van der Waals surface area contributed by atoms with Gasteiger partial charge in [-0.2, -0.15) is 0 Å². The van der Waals surface area contributed by atoms with Gasteiger partial charge >= 0.3 is 0 Å². The summed E-state index contributed by atoms with van der Waals surface area (Å²) in [6, 6.07) is 0. The quantitative estimate of drug-likeness (QED) is 0.727. The van der Waals surface area contributed by atoms with Crippen molar-refractivity contribution in [2.75, 3.05) is 33.2 Å². The zero-order valence-electron chi connectivity index (χ0n) is 12.6. The summed E-state index contributed by atoms with van der Waals surface area (Å²) in [6.45, 7) is 10.6. The van der Waals surface area contributed by atoms with Crippen LogP contribution >= 0.6 is 0 Å². The number of rotatable bonds is 6. The molecule has 0 saturated carbocycles. The van der Waals surface area contributed by atoms with Crippen LogP contribution in [0, 0.1) is 11.8 Å². The molecule has 1 aliphatic heterocycles. The molecule has 18 heavy (non-hydrogen) atoms. The normalized spacial score (nSPS) is 17.8. The predicted octanol–water partition coefficient (Wildman–Crippen LogP) is 2.61. The third-order valence-corrected chi connectivity index (χ3v) is 3.88. The zero-order valence-corrected chi connectivity index (χ0v) is 12.6. The summed E-state index contributed by atoms with van der Waals surface area (Å²) in [6.07, 6.45) is 4.91. The van der Waals surface area contributed by atoms with Gasteiger partial charge in [0.25, 0.3) is 0 Å². The molecule has 0 aliphatic carbocycles. The van der Waals surface area contributed by atoms with Gasteiger partial charge in [-0.25, -0.2) is 0 Å². The number of carbonyl (C=O) groups excluding carboxylic acids is 1. The Bertz CT molecular complexity index is 245. The van der Waals surface area contributed by atoms with Gasteiger partial charge in [-0.15, -0.1) is 0 Å². The Hall–Kier alpha value is -0.570. The van der Waals surface area contributed by atoms with E-state index in [9.17, 15) is 4.79 Å². The number of piperidine rings is 1. The molecule has 0 aromatic heterocycles. The summed E-state index contributed by atoms with van der Waals surface area (Å²) in [7, 11) is 2.22. The fraction of sp³-hybridized carbons (Fsp3) is 0.933. The summed E-state index contributed by atoms with van der Waals surface area (Å²) in [4.78, 5) is 16.4. The van der Waals surface area contributed by atoms with E-state index in [1.807, 2.05) is 18.7 Å². The van der Waals surface area contributed by atoms with E-state index in [1.165, 1.54) is 38.8 Å². The molecule has 0 N–H and O–H groups in total. The van der Waals surface area contributed by atoms with E-state index in [0.717, 1.165) is 19.0 Å². The van der Waals surface area contributed by atoms with E-state index in [1.54, 1.807) is 0 Å². The highest BCUT2D eigenvalue weighted by Crippen LogP contribution is 2.19. The molecule has 0 unspecified atom stereocenters. The van der Waals surface area contributed by atoms with Crippen LogP contribution in [0.3, 0.4) is 0 Å². The fourth-order valence-corrected chi connectivity index (χ4v) is 2.66. The summed E-state index contributed by atoms with van der Waals surface area (Å²) in [5.41, 5.74) is 0. The Labute approximate surface area is 113 Å². The van der Waals surface area contributed by atoms with Crippen LogP contribution in [-0.2, 0) is 4.79 Å². The number of hydrogen-bond donors (Lipinski definition) is 0. The van der Waals surface area contributed by atoms with Crippen LogP contribution in [0.1, 0.15) is 46.5 Å². The number of unbranched alkanes of at least 4 members (excludes halogenated alkanes) is 1. The molecule has 3 nitrogen and oxygen atoms in total. The van der Waals surface area contributed by atoms with E-state index < -0.39 is 0 Å². The Morgan fingerprint density at radius 2 is 1.94 bits per heavy atom. The van der Waals surface area contributed by atoms with Crippen molar-refractivity contribution in [2.24, 2.45) is 11.8 Å². The lowest BCUT2D eigenvalue weighted by atomic mass is 9.95. The number of likely N-dealkylation sites (tertiary alicyclic amines) is 1. The highest BCUT2D eigenvalue weighted by atomic mass is 16.2. The lowest BCUT2D eigenvalue weighted by molar-refractivity contribution is -0.135. The van der Waals surface area contributed by atoms with Gasteiger partial charge in [0.05, 0.1) is 0 Å². The molecule has 0 atom stereocenters. The number of carbonyl (C=O) groups is 1. The third-order valence-electron chi connectivity index (χ3n) is 3.88. The second kappa shape index (κ2) is 7.78. The van der Waals surface area contributed by atoms with E-state index in [4.69, 9.17) is 0 Å². The van der Waals surface area contributed by atoms with Crippen LogP contribution in [0.25, 0.3) is 0 Å². The first-order valence-corrected chi connectivity index (χ1v) is 7.52. The van der Waals surface area contributed by atoms with E-state index in [2.05, 4.69) is 18.9 Å². The van der Waals surface area contributed by atoms with Crippen LogP contribution in [0.2, 0.25) is 0 Å². The highest BCUT2D eigenvalue weighted by Gasteiger charge is 2.24. The van der Waals surface area contributed by atoms with Crippen molar-refractivity contribution in [3.8, 4) is 0 Å². The molecule has 1 amide bonds. The van der Waals surface area contributed by atoms with Crippen LogP contribution < -0.4 is 0 Å². The Balaban J connectivity index is 2.25. The van der Waals surface area contributed by atoms with Crippen molar-refractivity contribution in [3.05, 3.63) is 0 Å². The summed E-state index contributed by atoms with van der Waals surface area (Å²) in [5.74, 6) is 1.25. The summed E-state index contributed by atoms with van der Waals surface area (Å²) >= 11 is 0. The van der Waals surface area contributed by atoms with Crippen molar-refractivity contribution < 1.29 is 4.79 Å². The Kier molecular flexibility index (Phi) is 6.69. The standard InChI is InChI=1S/C15H30N2O/c1-5-6-9-16(4)12-14-7-10-17(11-8-14)15(18)13(2)3/h13-14H,5-12H2,1-4H3. The second-order valence-corrected chi connectivity index (χ2v) is 6.04. The van der Waals surface area contributed by atoms with Crippen LogP contribution in [0.15, 0.2) is 0 Å². The molecule has 1 rings (SSSR count). The monoisotopic (exact) mass is 254 g/mol. The van der Waals surface area contributed by atoms with Crippen LogP contribution in [-0.4, -0.2) is 48.9 Å². The minimum Gasteiger partial charge on any atom is -0.342 e. The minimum atomic E-state index is 0.147. The first-order chi connectivity index (χ1) is 8.54. The molecule has 0 aromatic carbocycles. The first-order valence-electron chi connectivity index (χ1n) is 7.52. The lowest BCUT2D eigenvalue weighted by Crippen LogP contribution is -2.42. The van der Waals surface area contributed by atoms with Crippen LogP contribution in [0.4, 0.5) is 0 Å². The van der Waals surface area contributed by atoms with Gasteiger partial charge in [-0.3, -0.25) is 4.79 Å². The van der Waals surface area contributed by atoms with Crippen LogP contribution in [0.5, 0.6) is 0 Å². The van der Waals surface area contributed by atoms with Gasteiger partial charge in [-0.05, 0) is 38.8 Å². The lowest BCUT2D eigenvalue weighted by Gasteiger charge is -2.34. The van der Waals surface area contributed by atoms with Crippen molar-refractivity contribution in [1.29, 1.82) is 0 Å².